The summed E-state index contributed by atoms with van der Waals surface area (Å²) in [6, 6.07) is 0. The number of aliphatic hydroxyl groups excluding tert-OH is 1. The largest absolute Gasteiger partial charge is 0.388 e. The molecule has 2 aromatic rings. The molecule has 1 amide bonds. The summed E-state index contributed by atoms with van der Waals surface area (Å²) in [5, 5.41) is 13.1. The predicted molar refractivity (Wildman–Crippen MR) is 77.8 cm³/mol. The quantitative estimate of drug-likeness (QED) is 0.734. The molecule has 1 fully saturated rings. The van der Waals surface area contributed by atoms with Gasteiger partial charge in [-0.15, -0.1) is 0 Å². The van der Waals surface area contributed by atoms with Gasteiger partial charge in [0.25, 0.3) is 0 Å². The van der Waals surface area contributed by atoms with Crippen LogP contribution in [0.15, 0.2) is 6.20 Å². The molecule has 0 unspecified atom stereocenters. The zero-order valence-electron chi connectivity index (χ0n) is 12.6. The first-order valence-electron chi connectivity index (χ1n) is 7.10. The number of aryl methyl sites for hydroxylation is 1. The molecule has 10 heteroatoms. The number of carbonyl (C=O) groups excluding carboxylic acids is 1. The molecule has 0 bridgehead atoms. The van der Waals surface area contributed by atoms with Crippen molar-refractivity contribution in [2.45, 2.75) is 6.61 Å². The first-order chi connectivity index (χ1) is 11.1. The van der Waals surface area contributed by atoms with Crippen LogP contribution in [-0.4, -0.2) is 67.3 Å². The van der Waals surface area contributed by atoms with Gasteiger partial charge in [-0.1, -0.05) is 0 Å². The lowest BCUT2D eigenvalue weighted by Gasteiger charge is -2.32. The monoisotopic (exact) mass is 321 g/mol. The summed E-state index contributed by atoms with van der Waals surface area (Å²) >= 11 is 0. The Morgan fingerprint density at radius 3 is 2.65 bits per heavy atom. The number of carbonyl (C=O) groups is 1. The lowest BCUT2D eigenvalue weighted by atomic mass is 10.3. The van der Waals surface area contributed by atoms with Crippen molar-refractivity contribution >= 4 is 12.4 Å². The number of rotatable bonds is 4. The van der Waals surface area contributed by atoms with E-state index < -0.39 is 5.82 Å². The molecule has 3 rings (SSSR count). The van der Waals surface area contributed by atoms with Gasteiger partial charge < -0.3 is 14.9 Å². The molecule has 0 spiro atoms. The molecule has 0 radical (unpaired) electrons. The molecule has 0 saturated carbocycles. The lowest BCUT2D eigenvalue weighted by molar-refractivity contribution is -0.118. The van der Waals surface area contributed by atoms with Crippen molar-refractivity contribution in [3.8, 4) is 11.5 Å². The van der Waals surface area contributed by atoms with Crippen molar-refractivity contribution < 1.29 is 14.3 Å². The first kappa shape index (κ1) is 15.3. The van der Waals surface area contributed by atoms with Crippen molar-refractivity contribution in [2.24, 2.45) is 7.05 Å². The Bertz CT molecular complexity index is 712. The first-order valence-corrected chi connectivity index (χ1v) is 7.10. The number of nitrogens with zero attached hydrogens (tertiary/aromatic N) is 7. The third-order valence-electron chi connectivity index (χ3n) is 3.64. The van der Waals surface area contributed by atoms with Crippen LogP contribution in [-0.2, 0) is 18.4 Å². The summed E-state index contributed by atoms with van der Waals surface area (Å²) in [5.74, 6) is 0.184. The van der Waals surface area contributed by atoms with Gasteiger partial charge in [-0.3, -0.25) is 4.79 Å². The van der Waals surface area contributed by atoms with E-state index in [1.807, 2.05) is 4.90 Å². The Morgan fingerprint density at radius 2 is 2.04 bits per heavy atom. The molecule has 3 heterocycles. The number of hydrogen-bond acceptors (Lipinski definition) is 7. The number of hydrogen-bond donors (Lipinski definition) is 1. The van der Waals surface area contributed by atoms with Crippen molar-refractivity contribution in [3.63, 3.8) is 0 Å². The summed E-state index contributed by atoms with van der Waals surface area (Å²) < 4.78 is 15.5. The maximum atomic E-state index is 14.1. The molecule has 2 aromatic heterocycles. The van der Waals surface area contributed by atoms with Crippen molar-refractivity contribution in [3.05, 3.63) is 17.8 Å². The molecule has 0 atom stereocenters. The standard InChI is InChI=1S/C13H16FN7O2/c1-19-12(16-10(7-22)18-19)11-9(14)6-15-13(17-11)21-4-2-20(8-23)3-5-21/h6,8,22H,2-5,7H2,1H3. The smallest absolute Gasteiger partial charge is 0.226 e. The van der Waals surface area contributed by atoms with Crippen LogP contribution in [0.2, 0.25) is 0 Å². The molecule has 0 aliphatic carbocycles. The van der Waals surface area contributed by atoms with E-state index in [0.717, 1.165) is 12.6 Å². The summed E-state index contributed by atoms with van der Waals surface area (Å²) in [7, 11) is 1.60. The number of piperazine rings is 1. The van der Waals surface area contributed by atoms with Gasteiger partial charge >= 0.3 is 0 Å². The molecule has 1 aliphatic heterocycles. The Morgan fingerprint density at radius 1 is 1.30 bits per heavy atom. The molecule has 1 N–H and O–H groups in total. The Kier molecular flexibility index (Phi) is 4.15. The number of anilines is 1. The van der Waals surface area contributed by atoms with E-state index in [1.54, 1.807) is 11.9 Å². The van der Waals surface area contributed by atoms with Crippen molar-refractivity contribution in [1.82, 2.24) is 29.6 Å². The Labute approximate surface area is 131 Å². The second-order valence-electron chi connectivity index (χ2n) is 5.13. The molecule has 23 heavy (non-hydrogen) atoms. The van der Waals surface area contributed by atoms with Crippen LogP contribution >= 0.6 is 0 Å². The second-order valence-corrected chi connectivity index (χ2v) is 5.13. The molecule has 0 aromatic carbocycles. The van der Waals surface area contributed by atoms with Crippen LogP contribution in [0.25, 0.3) is 11.5 Å². The highest BCUT2D eigenvalue weighted by Crippen LogP contribution is 2.21. The highest BCUT2D eigenvalue weighted by molar-refractivity contribution is 5.53. The van der Waals surface area contributed by atoms with Crippen LogP contribution in [0.5, 0.6) is 0 Å². The van der Waals surface area contributed by atoms with Crippen LogP contribution in [0.1, 0.15) is 5.82 Å². The zero-order chi connectivity index (χ0) is 16.4. The fourth-order valence-corrected chi connectivity index (χ4v) is 2.40. The van der Waals surface area contributed by atoms with Crippen LogP contribution in [0.3, 0.4) is 0 Å². The normalized spacial score (nSPS) is 15.1. The molecule has 9 nitrogen and oxygen atoms in total. The van der Waals surface area contributed by atoms with Gasteiger partial charge in [0.2, 0.25) is 12.4 Å². The molecule has 1 aliphatic rings. The average molecular weight is 321 g/mol. The maximum absolute atomic E-state index is 14.1. The van der Waals surface area contributed by atoms with E-state index >= 15 is 0 Å². The minimum absolute atomic E-state index is 0.0301. The third kappa shape index (κ3) is 2.97. The predicted octanol–water partition coefficient (Wildman–Crippen LogP) is -0.818. The van der Waals surface area contributed by atoms with Gasteiger partial charge in [-0.25, -0.2) is 24.0 Å². The van der Waals surface area contributed by atoms with Gasteiger partial charge in [0.05, 0.1) is 6.20 Å². The van der Waals surface area contributed by atoms with Gasteiger partial charge in [0.15, 0.2) is 17.5 Å². The van der Waals surface area contributed by atoms with Crippen LogP contribution < -0.4 is 4.90 Å². The fraction of sp³-hybridized carbons (Fsp3) is 0.462. The zero-order valence-corrected chi connectivity index (χ0v) is 12.6. The number of halogens is 1. The molecular weight excluding hydrogens is 305 g/mol. The number of aromatic nitrogens is 5. The highest BCUT2D eigenvalue weighted by Gasteiger charge is 2.21. The fourth-order valence-electron chi connectivity index (χ4n) is 2.40. The molecule has 122 valence electrons. The summed E-state index contributed by atoms with van der Waals surface area (Å²) in [6.45, 7) is 1.95. The van der Waals surface area contributed by atoms with Gasteiger partial charge in [0, 0.05) is 33.2 Å². The van der Waals surface area contributed by atoms with Crippen molar-refractivity contribution in [2.75, 3.05) is 31.1 Å². The molecule has 1 saturated heterocycles. The summed E-state index contributed by atoms with van der Waals surface area (Å²) in [5.41, 5.74) is 0.0301. The van der Waals surface area contributed by atoms with E-state index in [4.69, 9.17) is 5.11 Å². The molecular formula is C13H16FN7O2. The highest BCUT2D eigenvalue weighted by atomic mass is 19.1. The Balaban J connectivity index is 1.90. The minimum atomic E-state index is -0.611. The average Bonchev–Trinajstić information content (AvgIpc) is 2.96. The SMILES string of the molecule is Cn1nc(CO)nc1-c1nc(N2CCN(C=O)CC2)ncc1F. The Hall–Kier alpha value is -2.62. The van der Waals surface area contributed by atoms with Gasteiger partial charge in [-0.2, -0.15) is 5.10 Å². The second kappa shape index (κ2) is 6.24. The van der Waals surface area contributed by atoms with E-state index in [1.165, 1.54) is 4.68 Å². The maximum Gasteiger partial charge on any atom is 0.226 e. The number of aliphatic hydroxyl groups is 1. The van der Waals surface area contributed by atoms with Gasteiger partial charge in [-0.05, 0) is 0 Å². The van der Waals surface area contributed by atoms with Gasteiger partial charge in [0.1, 0.15) is 12.3 Å². The third-order valence-corrected chi connectivity index (χ3v) is 3.64. The van der Waals surface area contributed by atoms with E-state index in [-0.39, 0.29) is 23.9 Å². The van der Waals surface area contributed by atoms with Crippen LogP contribution in [0, 0.1) is 5.82 Å². The van der Waals surface area contributed by atoms with Crippen molar-refractivity contribution in [1.29, 1.82) is 0 Å². The summed E-state index contributed by atoms with van der Waals surface area (Å²) in [6.07, 6.45) is 1.90. The van der Waals surface area contributed by atoms with E-state index in [0.29, 0.717) is 32.1 Å². The summed E-state index contributed by atoms with van der Waals surface area (Å²) in [4.78, 5) is 26.6. The van der Waals surface area contributed by atoms with E-state index in [9.17, 15) is 9.18 Å². The van der Waals surface area contributed by atoms with Crippen LogP contribution in [0.4, 0.5) is 10.3 Å². The number of amides is 1. The minimum Gasteiger partial charge on any atom is -0.388 e. The topological polar surface area (TPSA) is 100 Å². The van der Waals surface area contributed by atoms with E-state index in [2.05, 4.69) is 20.1 Å². The lowest BCUT2D eigenvalue weighted by Crippen LogP contribution is -2.46.